The molecule has 0 saturated heterocycles. The molecule has 7 heteroatoms. The average molecular weight is 553 g/mol. The number of carbonyl (C=O) groups is 2. The van der Waals surface area contributed by atoms with E-state index in [-0.39, 0.29) is 0 Å². The van der Waals surface area contributed by atoms with Crippen LogP contribution in [0.5, 0.6) is 5.75 Å². The van der Waals surface area contributed by atoms with Crippen LogP contribution >= 0.6 is 0 Å². The first-order valence-corrected chi connectivity index (χ1v) is 13.5. The van der Waals surface area contributed by atoms with Crippen LogP contribution < -0.4 is 10.1 Å². The smallest absolute Gasteiger partial charge is 0.328 e. The van der Waals surface area contributed by atoms with Gasteiger partial charge in [-0.3, -0.25) is 4.98 Å². The monoisotopic (exact) mass is 552 g/mol. The minimum atomic E-state index is -1.26. The van der Waals surface area contributed by atoms with E-state index in [1.807, 2.05) is 12.1 Å². The minimum Gasteiger partial charge on any atom is -0.489 e. The number of carboxylic acids is 2. The van der Waals surface area contributed by atoms with E-state index in [2.05, 4.69) is 102 Å². The lowest BCUT2D eigenvalue weighted by atomic mass is 9.88. The van der Waals surface area contributed by atoms with Gasteiger partial charge in [0.15, 0.2) is 0 Å². The first-order valence-electron chi connectivity index (χ1n) is 13.5. The van der Waals surface area contributed by atoms with Gasteiger partial charge < -0.3 is 20.3 Å². The Morgan fingerprint density at radius 1 is 0.780 bits per heavy atom. The molecule has 1 unspecified atom stereocenters. The van der Waals surface area contributed by atoms with E-state index < -0.39 is 11.9 Å². The number of aromatic nitrogens is 1. The van der Waals surface area contributed by atoms with Crippen LogP contribution in [0, 0.1) is 0 Å². The summed E-state index contributed by atoms with van der Waals surface area (Å²) in [7, 11) is 0. The number of aliphatic carboxylic acids is 2. The van der Waals surface area contributed by atoms with Gasteiger partial charge in [-0.15, -0.1) is 0 Å². The Morgan fingerprint density at radius 2 is 1.32 bits per heavy atom. The molecule has 4 rings (SSSR count). The van der Waals surface area contributed by atoms with E-state index in [1.165, 1.54) is 16.7 Å². The van der Waals surface area contributed by atoms with Crippen molar-refractivity contribution < 1.29 is 24.5 Å². The van der Waals surface area contributed by atoms with E-state index in [4.69, 9.17) is 14.9 Å². The van der Waals surface area contributed by atoms with Gasteiger partial charge in [-0.2, -0.15) is 0 Å². The van der Waals surface area contributed by atoms with E-state index in [9.17, 15) is 9.59 Å². The van der Waals surface area contributed by atoms with Crippen LogP contribution in [0.25, 0.3) is 0 Å². The molecular weight excluding hydrogens is 516 g/mol. The zero-order chi connectivity index (χ0) is 29.3. The van der Waals surface area contributed by atoms with Crippen molar-refractivity contribution in [3.63, 3.8) is 0 Å². The van der Waals surface area contributed by atoms with Gasteiger partial charge in [-0.25, -0.2) is 9.59 Å². The maximum absolute atomic E-state index is 9.55. The molecule has 41 heavy (non-hydrogen) atoms. The molecule has 212 valence electrons. The molecule has 0 aliphatic rings. The fraction of sp³-hybridized carbons (Fsp3) is 0.206. The number of hydrogen-bond acceptors (Lipinski definition) is 5. The lowest BCUT2D eigenvalue weighted by Gasteiger charge is -2.20. The van der Waals surface area contributed by atoms with Gasteiger partial charge in [-0.1, -0.05) is 72.8 Å². The molecule has 0 aliphatic carbocycles. The molecule has 1 aromatic heterocycles. The number of ether oxygens (including phenoxy) is 1. The molecule has 0 amide bonds. The van der Waals surface area contributed by atoms with Crippen molar-refractivity contribution in [2.45, 2.75) is 38.3 Å². The molecule has 3 N–H and O–H groups in total. The summed E-state index contributed by atoms with van der Waals surface area (Å²) >= 11 is 0. The molecule has 0 saturated carbocycles. The van der Waals surface area contributed by atoms with E-state index >= 15 is 0 Å². The summed E-state index contributed by atoms with van der Waals surface area (Å²) in [5, 5.41) is 19.3. The first kappa shape index (κ1) is 30.8. The van der Waals surface area contributed by atoms with Gasteiger partial charge in [-0.05, 0) is 72.8 Å². The number of nitrogens with zero attached hydrogens (tertiary/aromatic N) is 1. The van der Waals surface area contributed by atoms with Crippen molar-refractivity contribution in [3.8, 4) is 5.75 Å². The number of rotatable bonds is 13. The van der Waals surface area contributed by atoms with Crippen molar-refractivity contribution in [1.82, 2.24) is 10.3 Å². The highest BCUT2D eigenvalue weighted by atomic mass is 16.5. The first-order chi connectivity index (χ1) is 19.9. The predicted octanol–water partition coefficient (Wildman–Crippen LogP) is 6.12. The van der Waals surface area contributed by atoms with E-state index in [1.54, 1.807) is 12.4 Å². The van der Waals surface area contributed by atoms with Crippen molar-refractivity contribution in [1.29, 1.82) is 0 Å². The number of hydrogen-bond donors (Lipinski definition) is 3. The maximum atomic E-state index is 9.55. The molecule has 1 atom stereocenters. The van der Waals surface area contributed by atoms with Gasteiger partial charge in [0.25, 0.3) is 0 Å². The Balaban J connectivity index is 0.000000507. The van der Waals surface area contributed by atoms with Crippen LogP contribution in [0.3, 0.4) is 0 Å². The normalized spacial score (nSPS) is 11.5. The molecule has 0 fully saturated rings. The number of nitrogens with one attached hydrogen (secondary N) is 1. The quantitative estimate of drug-likeness (QED) is 0.172. The van der Waals surface area contributed by atoms with Crippen molar-refractivity contribution in [2.24, 2.45) is 0 Å². The second-order valence-corrected chi connectivity index (χ2v) is 9.52. The van der Waals surface area contributed by atoms with E-state index in [0.29, 0.717) is 30.7 Å². The Morgan fingerprint density at radius 3 is 1.83 bits per heavy atom. The summed E-state index contributed by atoms with van der Waals surface area (Å²) in [6.45, 7) is 3.79. The van der Waals surface area contributed by atoms with Gasteiger partial charge in [0.05, 0.1) is 0 Å². The second-order valence-electron chi connectivity index (χ2n) is 9.52. The summed E-state index contributed by atoms with van der Waals surface area (Å²) in [6, 6.07) is 34.4. The fourth-order valence-electron chi connectivity index (χ4n) is 4.31. The third-order valence-corrected chi connectivity index (χ3v) is 6.32. The zero-order valence-corrected chi connectivity index (χ0v) is 23.1. The highest BCUT2D eigenvalue weighted by molar-refractivity contribution is 5.89. The summed E-state index contributed by atoms with van der Waals surface area (Å²) in [5.74, 6) is -1.21. The highest BCUT2D eigenvalue weighted by Crippen LogP contribution is 2.27. The van der Waals surface area contributed by atoms with Crippen LogP contribution in [-0.4, -0.2) is 39.7 Å². The number of benzene rings is 3. The Labute approximate surface area is 241 Å². The van der Waals surface area contributed by atoms with Gasteiger partial charge >= 0.3 is 11.9 Å². The standard InChI is InChI=1S/C30H32N2O.C4H4O4/c1-24(22-25-12-14-29(15-13-25)33-23-26-16-19-31-20-17-26)32-21-18-30(27-8-4-2-5-9-27)28-10-6-3-7-11-28;5-3(6)1-2-4(7)8/h2-17,19-20,24,30,32H,18,21-23H2,1H3;1-2H,(H,5,6)(H,7,8)/b;2-1+. The third kappa shape index (κ3) is 11.9. The molecule has 0 spiro atoms. The molecule has 0 bridgehead atoms. The Bertz CT molecular complexity index is 1290. The van der Waals surface area contributed by atoms with E-state index in [0.717, 1.165) is 30.7 Å². The summed E-state index contributed by atoms with van der Waals surface area (Å²) < 4.78 is 5.88. The molecule has 3 aromatic carbocycles. The van der Waals surface area contributed by atoms with Gasteiger partial charge in [0.2, 0.25) is 0 Å². The summed E-state index contributed by atoms with van der Waals surface area (Å²) in [6.07, 6.45) is 6.76. The lowest BCUT2D eigenvalue weighted by Crippen LogP contribution is -2.30. The summed E-state index contributed by atoms with van der Waals surface area (Å²) in [5.41, 5.74) is 5.19. The Hall–Kier alpha value is -4.75. The average Bonchev–Trinajstić information content (AvgIpc) is 3.00. The molecule has 0 radical (unpaired) electrons. The third-order valence-electron chi connectivity index (χ3n) is 6.32. The van der Waals surface area contributed by atoms with Crippen molar-refractivity contribution in [2.75, 3.05) is 6.54 Å². The molecule has 0 aliphatic heterocycles. The van der Waals surface area contributed by atoms with Crippen molar-refractivity contribution >= 4 is 11.9 Å². The highest BCUT2D eigenvalue weighted by Gasteiger charge is 2.14. The van der Waals surface area contributed by atoms with Crippen LogP contribution in [0.1, 0.15) is 41.5 Å². The van der Waals surface area contributed by atoms with Crippen LogP contribution in [0.15, 0.2) is 122 Å². The fourth-order valence-corrected chi connectivity index (χ4v) is 4.31. The maximum Gasteiger partial charge on any atom is 0.328 e. The predicted molar refractivity (Wildman–Crippen MR) is 160 cm³/mol. The molecule has 4 aromatic rings. The second kappa shape index (κ2) is 17.0. The SMILES string of the molecule is CC(Cc1ccc(OCc2ccncc2)cc1)NCCC(c1ccccc1)c1ccccc1.O=C(O)/C=C/C(=O)O. The number of pyridine rings is 1. The topological polar surface area (TPSA) is 109 Å². The van der Waals surface area contributed by atoms with Crippen LogP contribution in [0.4, 0.5) is 0 Å². The number of carboxylic acid groups (broad SMARTS) is 2. The Kier molecular flexibility index (Phi) is 12.8. The minimum absolute atomic E-state index is 0.404. The largest absolute Gasteiger partial charge is 0.489 e. The zero-order valence-electron chi connectivity index (χ0n) is 23.1. The van der Waals surface area contributed by atoms with Crippen LogP contribution in [-0.2, 0) is 22.6 Å². The van der Waals surface area contributed by atoms with Crippen molar-refractivity contribution in [3.05, 3.63) is 144 Å². The summed E-state index contributed by atoms with van der Waals surface area (Å²) in [4.78, 5) is 23.1. The van der Waals surface area contributed by atoms with Gasteiger partial charge in [0.1, 0.15) is 12.4 Å². The van der Waals surface area contributed by atoms with Crippen LogP contribution in [0.2, 0.25) is 0 Å². The molecule has 7 nitrogen and oxygen atoms in total. The molecular formula is C34H36N2O5. The lowest BCUT2D eigenvalue weighted by molar-refractivity contribution is -0.134. The van der Waals surface area contributed by atoms with Gasteiger partial charge in [0, 0.05) is 36.5 Å². The molecule has 1 heterocycles.